The topological polar surface area (TPSA) is 93.9 Å². The lowest BCUT2D eigenvalue weighted by Gasteiger charge is -2.24. The summed E-state index contributed by atoms with van der Waals surface area (Å²) in [5, 5.41) is 7.82. The van der Waals surface area contributed by atoms with Crippen molar-refractivity contribution in [3.05, 3.63) is 53.7 Å². The Balaban J connectivity index is 2.11. The van der Waals surface area contributed by atoms with Crippen LogP contribution in [0, 0.1) is 19.7 Å². The largest absolute Gasteiger partial charge is 0.465 e. The van der Waals surface area contributed by atoms with Gasteiger partial charge in [0.1, 0.15) is 23.1 Å². The number of pyridine rings is 1. The van der Waals surface area contributed by atoms with Crippen LogP contribution in [0.15, 0.2) is 41.4 Å². The number of aryl methyl sites for hydroxylation is 2. The molecule has 0 unspecified atom stereocenters. The third-order valence-corrected chi connectivity index (χ3v) is 5.91. The van der Waals surface area contributed by atoms with Gasteiger partial charge in [0.05, 0.1) is 12.3 Å². The minimum atomic E-state index is -4.19. The van der Waals surface area contributed by atoms with Crippen molar-refractivity contribution in [3.63, 3.8) is 0 Å². The number of carbonyl (C=O) groups excluding carboxylic acids is 1. The smallest absolute Gasteiger partial charge is 0.326 e. The Bertz CT molecular complexity index is 1140. The number of rotatable bonds is 6. The normalized spacial score (nSPS) is 11.6. The number of aromatic nitrogens is 3. The second kappa shape index (κ2) is 7.55. The molecule has 148 valence electrons. The number of sulfonamides is 1. The van der Waals surface area contributed by atoms with Crippen LogP contribution in [0.25, 0.3) is 5.65 Å². The number of carbonyl (C=O) groups is 1. The van der Waals surface area contributed by atoms with Crippen LogP contribution in [-0.4, -0.2) is 42.1 Å². The summed E-state index contributed by atoms with van der Waals surface area (Å²) in [5.74, 6) is -0.814. The van der Waals surface area contributed by atoms with Gasteiger partial charge in [0, 0.05) is 6.20 Å². The van der Waals surface area contributed by atoms with Gasteiger partial charge in [0.15, 0.2) is 5.65 Å². The lowest BCUT2D eigenvalue weighted by atomic mass is 10.2. The van der Waals surface area contributed by atoms with E-state index in [2.05, 4.69) is 10.2 Å². The number of halogens is 1. The van der Waals surface area contributed by atoms with E-state index >= 15 is 0 Å². The first-order valence-electron chi connectivity index (χ1n) is 8.50. The Morgan fingerprint density at radius 1 is 1.21 bits per heavy atom. The van der Waals surface area contributed by atoms with E-state index in [0.29, 0.717) is 17.0 Å². The summed E-state index contributed by atoms with van der Waals surface area (Å²) in [6, 6.07) is 6.84. The maximum Gasteiger partial charge on any atom is 0.326 e. The van der Waals surface area contributed by atoms with Gasteiger partial charge in [-0.2, -0.15) is 0 Å². The van der Waals surface area contributed by atoms with Gasteiger partial charge in [-0.3, -0.25) is 13.5 Å². The predicted molar refractivity (Wildman–Crippen MR) is 100 cm³/mol. The molecule has 0 N–H and O–H groups in total. The zero-order valence-corrected chi connectivity index (χ0v) is 16.4. The summed E-state index contributed by atoms with van der Waals surface area (Å²) in [5.41, 5.74) is 0.866. The zero-order valence-electron chi connectivity index (χ0n) is 15.6. The van der Waals surface area contributed by atoms with Crippen LogP contribution in [0.3, 0.4) is 0 Å². The van der Waals surface area contributed by atoms with Gasteiger partial charge >= 0.3 is 5.97 Å². The molecule has 0 atom stereocenters. The highest BCUT2D eigenvalue weighted by Crippen LogP contribution is 2.26. The van der Waals surface area contributed by atoms with E-state index in [1.807, 2.05) is 0 Å². The number of hydrogen-bond acceptors (Lipinski definition) is 6. The van der Waals surface area contributed by atoms with E-state index in [9.17, 15) is 17.6 Å². The molecule has 28 heavy (non-hydrogen) atoms. The van der Waals surface area contributed by atoms with Crippen molar-refractivity contribution in [3.8, 4) is 0 Å². The number of benzene rings is 1. The molecule has 2 heterocycles. The molecule has 0 aliphatic heterocycles. The highest BCUT2D eigenvalue weighted by molar-refractivity contribution is 7.92. The van der Waals surface area contributed by atoms with Crippen molar-refractivity contribution in [2.24, 2.45) is 0 Å². The molecule has 0 aliphatic carbocycles. The van der Waals surface area contributed by atoms with Gasteiger partial charge in [-0.1, -0.05) is 6.07 Å². The van der Waals surface area contributed by atoms with E-state index in [1.54, 1.807) is 20.8 Å². The first kappa shape index (κ1) is 19.7. The minimum Gasteiger partial charge on any atom is -0.465 e. The van der Waals surface area contributed by atoms with Crippen molar-refractivity contribution in [1.29, 1.82) is 0 Å². The molecular weight excluding hydrogens is 387 g/mol. The zero-order chi connectivity index (χ0) is 20.5. The van der Waals surface area contributed by atoms with Crippen molar-refractivity contribution in [1.82, 2.24) is 14.6 Å². The van der Waals surface area contributed by atoms with Gasteiger partial charge in [0.2, 0.25) is 0 Å². The Labute approximate surface area is 161 Å². The number of ether oxygens (including phenoxy) is 1. The highest BCUT2D eigenvalue weighted by atomic mass is 32.2. The van der Waals surface area contributed by atoms with Crippen molar-refractivity contribution in [2.75, 3.05) is 17.5 Å². The fraction of sp³-hybridized carbons (Fsp3) is 0.278. The van der Waals surface area contributed by atoms with Crippen molar-refractivity contribution >= 4 is 27.3 Å². The molecule has 3 rings (SSSR count). The lowest BCUT2D eigenvalue weighted by Crippen LogP contribution is -2.36. The van der Waals surface area contributed by atoms with Gasteiger partial charge in [0.25, 0.3) is 10.0 Å². The molecule has 0 radical (unpaired) electrons. The second-order valence-electron chi connectivity index (χ2n) is 6.09. The maximum atomic E-state index is 14.1. The molecule has 10 heteroatoms. The fourth-order valence-electron chi connectivity index (χ4n) is 2.64. The second-order valence-corrected chi connectivity index (χ2v) is 7.95. The van der Waals surface area contributed by atoms with Crippen molar-refractivity contribution in [2.45, 2.75) is 25.7 Å². The summed E-state index contributed by atoms with van der Waals surface area (Å²) >= 11 is 0. The summed E-state index contributed by atoms with van der Waals surface area (Å²) in [7, 11) is -4.19. The van der Waals surface area contributed by atoms with E-state index in [0.717, 1.165) is 10.4 Å². The molecule has 0 saturated heterocycles. The van der Waals surface area contributed by atoms with Crippen LogP contribution in [0.4, 0.5) is 10.1 Å². The average molecular weight is 406 g/mol. The first-order valence-corrected chi connectivity index (χ1v) is 9.94. The molecule has 0 aliphatic rings. The number of fused-ring (bicyclic) bond motifs is 1. The highest BCUT2D eigenvalue weighted by Gasteiger charge is 2.29. The molecule has 2 aromatic heterocycles. The number of anilines is 1. The van der Waals surface area contributed by atoms with Crippen LogP contribution in [-0.2, 0) is 19.6 Å². The van der Waals surface area contributed by atoms with Crippen LogP contribution in [0.1, 0.15) is 18.3 Å². The molecule has 0 fully saturated rings. The summed E-state index contributed by atoms with van der Waals surface area (Å²) in [4.78, 5) is 11.9. The predicted octanol–water partition coefficient (Wildman–Crippen LogP) is 2.24. The molecule has 0 spiro atoms. The van der Waals surface area contributed by atoms with Crippen LogP contribution in [0.5, 0.6) is 0 Å². The molecule has 8 nitrogen and oxygen atoms in total. The van der Waals surface area contributed by atoms with E-state index in [-0.39, 0.29) is 17.2 Å². The molecule has 1 aromatic carbocycles. The Hall–Kier alpha value is -3.01. The lowest BCUT2D eigenvalue weighted by molar-refractivity contribution is -0.141. The van der Waals surface area contributed by atoms with Crippen LogP contribution < -0.4 is 4.31 Å². The molecule has 0 bridgehead atoms. The number of nitrogens with zero attached hydrogens (tertiary/aromatic N) is 4. The summed E-state index contributed by atoms with van der Waals surface area (Å²) < 4.78 is 47.9. The number of hydrogen-bond donors (Lipinski definition) is 0. The molecular formula is C18H19FN4O4S. The van der Waals surface area contributed by atoms with Crippen LogP contribution in [0.2, 0.25) is 0 Å². The summed E-state index contributed by atoms with van der Waals surface area (Å²) in [6.45, 7) is 4.37. The third kappa shape index (κ3) is 3.68. The number of esters is 1. The van der Waals surface area contributed by atoms with Gasteiger partial charge in [-0.05, 0) is 50.6 Å². The van der Waals surface area contributed by atoms with Gasteiger partial charge in [-0.25, -0.2) is 12.8 Å². The van der Waals surface area contributed by atoms with Crippen LogP contribution >= 0.6 is 0 Å². The van der Waals surface area contributed by atoms with E-state index in [1.165, 1.54) is 34.9 Å². The molecule has 0 saturated carbocycles. The average Bonchev–Trinajstić information content (AvgIpc) is 3.03. The Morgan fingerprint density at radius 3 is 2.64 bits per heavy atom. The first-order chi connectivity index (χ1) is 13.2. The van der Waals surface area contributed by atoms with E-state index < -0.39 is 28.4 Å². The fourth-order valence-corrected chi connectivity index (χ4v) is 4.04. The van der Waals surface area contributed by atoms with Gasteiger partial charge < -0.3 is 4.74 Å². The Kier molecular flexibility index (Phi) is 5.32. The van der Waals surface area contributed by atoms with E-state index in [4.69, 9.17) is 4.74 Å². The SMILES string of the molecule is CCOC(=O)CN(c1ccc(C)c(F)c1)S(=O)(=O)c1ccc2nnc(C)n2c1. The quantitative estimate of drug-likeness (QED) is 0.583. The van der Waals surface area contributed by atoms with Gasteiger partial charge in [-0.15, -0.1) is 10.2 Å². The Morgan fingerprint density at radius 2 is 1.96 bits per heavy atom. The maximum absolute atomic E-state index is 14.1. The minimum absolute atomic E-state index is 0.0247. The standard InChI is InChI=1S/C18H19FN4O4S/c1-4-27-18(24)11-23(14-6-5-12(2)16(19)9-14)28(25,26)15-7-8-17-21-20-13(3)22(17)10-15/h5-10H,4,11H2,1-3H3. The molecule has 0 amide bonds. The monoisotopic (exact) mass is 406 g/mol. The summed E-state index contributed by atoms with van der Waals surface area (Å²) in [6.07, 6.45) is 1.36. The van der Waals surface area contributed by atoms with Crippen molar-refractivity contribution < 1.29 is 22.3 Å². The third-order valence-electron chi connectivity index (χ3n) is 4.16. The molecule has 3 aromatic rings.